The monoisotopic (exact) mass is 733 g/mol. The lowest BCUT2D eigenvalue weighted by atomic mass is 9.66. The van der Waals surface area contributed by atoms with Gasteiger partial charge in [-0.15, -0.1) is 11.3 Å². The van der Waals surface area contributed by atoms with Crippen molar-refractivity contribution in [2.45, 2.75) is 12.3 Å². The van der Waals surface area contributed by atoms with Crippen LogP contribution in [-0.2, 0) is 5.41 Å². The summed E-state index contributed by atoms with van der Waals surface area (Å²) in [5, 5.41) is 4.98. The lowest BCUT2D eigenvalue weighted by Crippen LogP contribution is -2.29. The van der Waals surface area contributed by atoms with Gasteiger partial charge >= 0.3 is 0 Å². The minimum atomic E-state index is -0.571. The zero-order chi connectivity index (χ0) is 37.6. The summed E-state index contributed by atoms with van der Waals surface area (Å²) in [6, 6.07) is 68.9. The van der Waals surface area contributed by atoms with Crippen LogP contribution in [-0.4, -0.2) is 0 Å². The molecule has 266 valence electrons. The molecule has 10 rings (SSSR count). The fourth-order valence-electron chi connectivity index (χ4n) is 9.16. The molecule has 0 aliphatic heterocycles. The molecule has 0 N–H and O–H groups in total. The summed E-state index contributed by atoms with van der Waals surface area (Å²) in [5.74, 6) is 0. The highest BCUT2D eigenvalue weighted by Crippen LogP contribution is 2.59. The lowest BCUT2D eigenvalue weighted by molar-refractivity contribution is 0.761. The Bertz CT molecular complexity index is 2960. The summed E-state index contributed by atoms with van der Waals surface area (Å²) in [5.41, 5.74) is 12.4. The molecule has 0 fully saturated rings. The number of benzene rings is 8. The molecule has 0 atom stereocenters. The number of fused-ring (bicyclic) bond motifs is 5. The van der Waals surface area contributed by atoms with Gasteiger partial charge < -0.3 is 4.90 Å². The van der Waals surface area contributed by atoms with Crippen molar-refractivity contribution in [3.8, 4) is 11.1 Å². The van der Waals surface area contributed by atoms with Crippen molar-refractivity contribution < 1.29 is 0 Å². The Balaban J connectivity index is 1.31. The lowest BCUT2D eigenvalue weighted by Gasteiger charge is -2.36. The molecule has 2 heteroatoms. The molecule has 0 spiro atoms. The Hall–Kier alpha value is -6.74. The van der Waals surface area contributed by atoms with E-state index in [1.165, 1.54) is 69.9 Å². The number of rotatable bonds is 8. The van der Waals surface area contributed by atoms with Crippen molar-refractivity contribution >= 4 is 64.9 Å². The average molecular weight is 734 g/mol. The van der Waals surface area contributed by atoms with Gasteiger partial charge in [0.25, 0.3) is 0 Å². The minimum Gasteiger partial charge on any atom is -0.309 e. The fourth-order valence-corrected chi connectivity index (χ4v) is 10.2. The Labute approximate surface area is 332 Å². The van der Waals surface area contributed by atoms with Crippen LogP contribution >= 0.6 is 11.3 Å². The minimum absolute atomic E-state index is 0.571. The van der Waals surface area contributed by atoms with E-state index in [9.17, 15) is 0 Å². The predicted octanol–water partition coefficient (Wildman–Crippen LogP) is 15.2. The molecular weight excluding hydrogens is 695 g/mol. The van der Waals surface area contributed by atoms with Gasteiger partial charge in [0.05, 0.1) is 22.5 Å². The molecule has 0 saturated heterocycles. The van der Waals surface area contributed by atoms with Crippen molar-refractivity contribution in [2.24, 2.45) is 0 Å². The van der Waals surface area contributed by atoms with E-state index >= 15 is 0 Å². The van der Waals surface area contributed by atoms with E-state index < -0.39 is 5.41 Å². The highest BCUT2D eigenvalue weighted by Gasteiger charge is 2.47. The second-order valence-corrected chi connectivity index (χ2v) is 15.5. The summed E-state index contributed by atoms with van der Waals surface area (Å²) in [4.78, 5) is 2.51. The Morgan fingerprint density at radius 2 is 1.14 bits per heavy atom. The molecule has 56 heavy (non-hydrogen) atoms. The third-order valence-electron chi connectivity index (χ3n) is 11.4. The van der Waals surface area contributed by atoms with Gasteiger partial charge in [0, 0.05) is 36.7 Å². The molecular formula is C54H39NS. The van der Waals surface area contributed by atoms with Gasteiger partial charge in [-0.05, 0) is 82.1 Å². The molecule has 1 heterocycles. The van der Waals surface area contributed by atoms with E-state index in [1.807, 2.05) is 11.3 Å². The van der Waals surface area contributed by atoms with Crippen molar-refractivity contribution in [3.63, 3.8) is 0 Å². The highest BCUT2D eigenvalue weighted by molar-refractivity contribution is 7.25. The molecule has 0 unspecified atom stereocenters. The Kier molecular flexibility index (Phi) is 8.35. The zero-order valence-electron chi connectivity index (χ0n) is 31.2. The molecule has 9 aromatic rings. The molecule has 1 aliphatic carbocycles. The average Bonchev–Trinajstić information content (AvgIpc) is 3.78. The van der Waals surface area contributed by atoms with Crippen LogP contribution in [0.15, 0.2) is 218 Å². The first-order chi connectivity index (χ1) is 27.7. The third kappa shape index (κ3) is 5.14. The predicted molar refractivity (Wildman–Crippen MR) is 242 cm³/mol. The number of thiophene rings is 1. The Morgan fingerprint density at radius 1 is 0.536 bits per heavy atom. The van der Waals surface area contributed by atoms with Crippen molar-refractivity contribution in [2.75, 3.05) is 4.90 Å². The molecule has 0 bridgehead atoms. The van der Waals surface area contributed by atoms with Gasteiger partial charge in [-0.2, -0.15) is 0 Å². The summed E-state index contributed by atoms with van der Waals surface area (Å²) in [6.07, 6.45) is 6.55. The summed E-state index contributed by atoms with van der Waals surface area (Å²) >= 11 is 1.86. The molecule has 1 nitrogen and oxygen atoms in total. The van der Waals surface area contributed by atoms with E-state index in [-0.39, 0.29) is 0 Å². The Morgan fingerprint density at radius 3 is 1.91 bits per heavy atom. The quantitative estimate of drug-likeness (QED) is 0.150. The fraction of sp³-hybridized carbons (Fsp3) is 0.0370. The molecule has 0 saturated carbocycles. The molecule has 0 amide bonds. The summed E-state index contributed by atoms with van der Waals surface area (Å²) < 4.78 is 2.61. The van der Waals surface area contributed by atoms with Gasteiger partial charge in [0.1, 0.15) is 0 Å². The van der Waals surface area contributed by atoms with Gasteiger partial charge in [-0.3, -0.25) is 0 Å². The maximum atomic E-state index is 4.53. The first kappa shape index (κ1) is 33.8. The van der Waals surface area contributed by atoms with Crippen LogP contribution in [0.25, 0.3) is 47.6 Å². The van der Waals surface area contributed by atoms with Crippen LogP contribution < -0.4 is 4.90 Å². The summed E-state index contributed by atoms with van der Waals surface area (Å²) in [6.45, 7) is 6.64. The third-order valence-corrected chi connectivity index (χ3v) is 12.6. The normalized spacial score (nSPS) is 13.5. The van der Waals surface area contributed by atoms with Gasteiger partial charge in [-0.1, -0.05) is 176 Å². The molecule has 0 radical (unpaired) electrons. The standard InChI is InChI=1S/C54H39NS/c1-3-19-46-41(4-2)53-47(54(46,39-22-7-5-8-23-39)40-24-9-6-10-25-40)29-18-32-50(53)55(49-31-17-21-37-20-11-12-26-42(37)49)48-30-15-13-27-43(48)38-34-35-52-45(36-38)44-28-14-16-33-51(44)56-52/h3-36H,2H2,1H3/b19-3-. The number of nitrogens with zero attached hydrogens (tertiary/aromatic N) is 1. The van der Waals surface area contributed by atoms with E-state index in [2.05, 4.69) is 225 Å². The van der Waals surface area contributed by atoms with Crippen LogP contribution in [0.3, 0.4) is 0 Å². The van der Waals surface area contributed by atoms with Crippen molar-refractivity contribution in [1.29, 1.82) is 0 Å². The summed E-state index contributed by atoms with van der Waals surface area (Å²) in [7, 11) is 0. The van der Waals surface area contributed by atoms with Crippen LogP contribution in [0.2, 0.25) is 0 Å². The second-order valence-electron chi connectivity index (χ2n) is 14.4. The topological polar surface area (TPSA) is 3.24 Å². The number of allylic oxidation sites excluding steroid dienone is 5. The van der Waals surface area contributed by atoms with Crippen LogP contribution in [0.1, 0.15) is 29.2 Å². The van der Waals surface area contributed by atoms with Crippen LogP contribution in [0.5, 0.6) is 0 Å². The van der Waals surface area contributed by atoms with Gasteiger partial charge in [0.2, 0.25) is 0 Å². The van der Waals surface area contributed by atoms with Gasteiger partial charge in [0.15, 0.2) is 0 Å². The largest absolute Gasteiger partial charge is 0.309 e. The van der Waals surface area contributed by atoms with E-state index in [4.69, 9.17) is 0 Å². The van der Waals surface area contributed by atoms with Crippen molar-refractivity contribution in [3.05, 3.63) is 241 Å². The number of hydrogen-bond donors (Lipinski definition) is 0. The SMILES string of the molecule is C=CC1=C(/C=C\C)C(c2ccccc2)(c2ccccc2)c2cccc(N(c3ccccc3-c3ccc4sc5ccccc5c4c3)c3cccc4ccccc34)c21. The molecule has 1 aliphatic rings. The number of para-hydroxylation sites is 1. The smallest absolute Gasteiger partial charge is 0.0714 e. The van der Waals surface area contributed by atoms with E-state index in [1.54, 1.807) is 0 Å². The number of anilines is 3. The van der Waals surface area contributed by atoms with Crippen molar-refractivity contribution in [1.82, 2.24) is 0 Å². The first-order valence-corrected chi connectivity index (χ1v) is 20.1. The zero-order valence-corrected chi connectivity index (χ0v) is 32.0. The van der Waals surface area contributed by atoms with E-state index in [0.717, 1.165) is 22.6 Å². The first-order valence-electron chi connectivity index (χ1n) is 19.3. The maximum absolute atomic E-state index is 4.53. The van der Waals surface area contributed by atoms with E-state index in [0.29, 0.717) is 0 Å². The number of hydrogen-bond acceptors (Lipinski definition) is 2. The second kappa shape index (κ2) is 13.8. The van der Waals surface area contributed by atoms with Gasteiger partial charge in [-0.25, -0.2) is 0 Å². The van der Waals surface area contributed by atoms with Crippen LogP contribution in [0.4, 0.5) is 17.1 Å². The highest BCUT2D eigenvalue weighted by atomic mass is 32.1. The molecule has 8 aromatic carbocycles. The molecule has 1 aromatic heterocycles. The maximum Gasteiger partial charge on any atom is 0.0714 e. The van der Waals surface area contributed by atoms with Crippen LogP contribution in [0, 0.1) is 0 Å².